The zero-order valence-electron chi connectivity index (χ0n) is 12.2. The van der Waals surface area contributed by atoms with Crippen molar-refractivity contribution in [2.45, 2.75) is 33.1 Å². The van der Waals surface area contributed by atoms with Crippen LogP contribution in [0.1, 0.15) is 30.5 Å². The Morgan fingerprint density at radius 2 is 1.95 bits per heavy atom. The molecule has 1 aromatic rings. The number of ether oxygens (including phenoxy) is 1. The number of amides is 1. The summed E-state index contributed by atoms with van der Waals surface area (Å²) < 4.78 is 5.29. The van der Waals surface area contributed by atoms with Gasteiger partial charge in [-0.2, -0.15) is 0 Å². The standard InChI is InChI=1S/C15H21NO3/c1-10-7-13(19-5)11(2)6-12(10)15(3,4)9-16-14(18)8-17/h6-8H,9H2,1-5H3,(H,16,18). The van der Waals surface area contributed by atoms with Gasteiger partial charge in [0.15, 0.2) is 0 Å². The van der Waals surface area contributed by atoms with E-state index >= 15 is 0 Å². The molecule has 0 saturated heterocycles. The minimum absolute atomic E-state index is 0.250. The quantitative estimate of drug-likeness (QED) is 0.652. The lowest BCUT2D eigenvalue weighted by Gasteiger charge is -2.28. The second-order valence-electron chi connectivity index (χ2n) is 5.36. The molecule has 0 fully saturated rings. The Balaban J connectivity index is 3.03. The molecule has 0 aliphatic carbocycles. The number of methoxy groups -OCH3 is 1. The first-order chi connectivity index (χ1) is 8.81. The molecule has 1 aromatic carbocycles. The maximum Gasteiger partial charge on any atom is 0.284 e. The number of hydrogen-bond donors (Lipinski definition) is 1. The summed E-state index contributed by atoms with van der Waals surface area (Å²) in [6, 6.07) is 4.06. The highest BCUT2D eigenvalue weighted by molar-refractivity contribution is 6.23. The minimum Gasteiger partial charge on any atom is -0.496 e. The van der Waals surface area contributed by atoms with E-state index in [0.29, 0.717) is 12.8 Å². The maximum absolute atomic E-state index is 11.0. The van der Waals surface area contributed by atoms with Gasteiger partial charge in [-0.3, -0.25) is 9.59 Å². The van der Waals surface area contributed by atoms with Crippen molar-refractivity contribution in [2.75, 3.05) is 13.7 Å². The molecule has 4 heteroatoms. The Bertz CT molecular complexity index is 492. The van der Waals surface area contributed by atoms with Crippen LogP contribution < -0.4 is 10.1 Å². The summed E-state index contributed by atoms with van der Waals surface area (Å²) >= 11 is 0. The molecular formula is C15H21NO3. The number of rotatable bonds is 5. The normalized spacial score (nSPS) is 11.0. The lowest BCUT2D eigenvalue weighted by atomic mass is 9.81. The van der Waals surface area contributed by atoms with Crippen LogP contribution in [-0.4, -0.2) is 25.8 Å². The Hall–Kier alpha value is -1.84. The fourth-order valence-corrected chi connectivity index (χ4v) is 2.18. The van der Waals surface area contributed by atoms with Gasteiger partial charge in [0.2, 0.25) is 6.29 Å². The van der Waals surface area contributed by atoms with E-state index in [2.05, 4.69) is 11.4 Å². The van der Waals surface area contributed by atoms with Crippen LogP contribution in [0.3, 0.4) is 0 Å². The molecule has 0 aromatic heterocycles. The van der Waals surface area contributed by atoms with Crippen molar-refractivity contribution >= 4 is 12.2 Å². The van der Waals surface area contributed by atoms with Crippen molar-refractivity contribution in [2.24, 2.45) is 0 Å². The molecule has 0 radical (unpaired) electrons. The van der Waals surface area contributed by atoms with Crippen molar-refractivity contribution in [3.63, 3.8) is 0 Å². The molecule has 0 aliphatic rings. The highest BCUT2D eigenvalue weighted by atomic mass is 16.5. The predicted octanol–water partition coefficient (Wildman–Crippen LogP) is 1.90. The van der Waals surface area contributed by atoms with Crippen LogP contribution in [0.4, 0.5) is 0 Å². The average molecular weight is 263 g/mol. The van der Waals surface area contributed by atoms with Crippen LogP contribution in [0.15, 0.2) is 12.1 Å². The van der Waals surface area contributed by atoms with E-state index in [0.717, 1.165) is 22.4 Å². The number of carbonyl (C=O) groups is 2. The smallest absolute Gasteiger partial charge is 0.284 e. The molecule has 0 saturated carbocycles. The van der Waals surface area contributed by atoms with Crippen LogP contribution in [0.2, 0.25) is 0 Å². The Labute approximate surface area is 114 Å². The van der Waals surface area contributed by atoms with Gasteiger partial charge in [-0.05, 0) is 36.6 Å². The number of benzene rings is 1. The fraction of sp³-hybridized carbons (Fsp3) is 0.467. The molecular weight excluding hydrogens is 242 g/mol. The average Bonchev–Trinajstić information content (AvgIpc) is 2.38. The Morgan fingerprint density at radius 3 is 2.47 bits per heavy atom. The van der Waals surface area contributed by atoms with E-state index in [9.17, 15) is 9.59 Å². The number of carbonyl (C=O) groups excluding carboxylic acids is 2. The molecule has 0 bridgehead atoms. The van der Waals surface area contributed by atoms with E-state index in [-0.39, 0.29) is 5.41 Å². The van der Waals surface area contributed by atoms with Gasteiger partial charge < -0.3 is 10.1 Å². The summed E-state index contributed by atoms with van der Waals surface area (Å²) in [7, 11) is 1.65. The summed E-state index contributed by atoms with van der Waals surface area (Å²) in [6.07, 6.45) is 0.294. The van der Waals surface area contributed by atoms with Crippen molar-refractivity contribution in [3.05, 3.63) is 28.8 Å². The van der Waals surface area contributed by atoms with E-state index in [4.69, 9.17) is 4.74 Å². The summed E-state index contributed by atoms with van der Waals surface area (Å²) in [4.78, 5) is 21.4. The van der Waals surface area contributed by atoms with E-state index in [1.807, 2.05) is 33.8 Å². The van der Waals surface area contributed by atoms with E-state index in [1.165, 1.54) is 0 Å². The van der Waals surface area contributed by atoms with Crippen molar-refractivity contribution < 1.29 is 14.3 Å². The largest absolute Gasteiger partial charge is 0.496 e. The van der Waals surface area contributed by atoms with Gasteiger partial charge in [0.1, 0.15) is 5.75 Å². The van der Waals surface area contributed by atoms with Crippen molar-refractivity contribution in [1.82, 2.24) is 5.32 Å². The SMILES string of the molecule is COc1cc(C)c(C(C)(C)CNC(=O)C=O)cc1C. The van der Waals surface area contributed by atoms with Gasteiger partial charge in [-0.1, -0.05) is 19.9 Å². The summed E-state index contributed by atoms with van der Waals surface area (Å²) in [6.45, 7) is 8.48. The lowest BCUT2D eigenvalue weighted by molar-refractivity contribution is -0.131. The van der Waals surface area contributed by atoms with E-state index < -0.39 is 5.91 Å². The van der Waals surface area contributed by atoms with Crippen LogP contribution in [0.25, 0.3) is 0 Å². The van der Waals surface area contributed by atoms with Gasteiger partial charge in [0.25, 0.3) is 5.91 Å². The van der Waals surface area contributed by atoms with Crippen molar-refractivity contribution in [1.29, 1.82) is 0 Å². The molecule has 104 valence electrons. The second kappa shape index (κ2) is 5.87. The van der Waals surface area contributed by atoms with Gasteiger partial charge in [0, 0.05) is 12.0 Å². The molecule has 19 heavy (non-hydrogen) atoms. The first kappa shape index (κ1) is 15.2. The highest BCUT2D eigenvalue weighted by Crippen LogP contribution is 2.31. The van der Waals surface area contributed by atoms with Gasteiger partial charge in [-0.25, -0.2) is 0 Å². The molecule has 4 nitrogen and oxygen atoms in total. The number of aryl methyl sites for hydroxylation is 2. The third kappa shape index (κ3) is 3.56. The zero-order valence-corrected chi connectivity index (χ0v) is 12.2. The number of nitrogens with one attached hydrogen (secondary N) is 1. The first-order valence-corrected chi connectivity index (χ1v) is 6.20. The molecule has 0 aliphatic heterocycles. The third-order valence-electron chi connectivity index (χ3n) is 3.28. The molecule has 0 heterocycles. The Kier molecular flexibility index (Phi) is 4.70. The summed E-state index contributed by atoms with van der Waals surface area (Å²) in [5.41, 5.74) is 3.04. The van der Waals surface area contributed by atoms with Crippen LogP contribution in [-0.2, 0) is 15.0 Å². The lowest BCUT2D eigenvalue weighted by Crippen LogP contribution is -2.37. The maximum atomic E-state index is 11.0. The van der Waals surface area contributed by atoms with Crippen LogP contribution in [0.5, 0.6) is 5.75 Å². The van der Waals surface area contributed by atoms with Gasteiger partial charge in [-0.15, -0.1) is 0 Å². The minimum atomic E-state index is -0.587. The van der Waals surface area contributed by atoms with Gasteiger partial charge in [0.05, 0.1) is 7.11 Å². The monoisotopic (exact) mass is 263 g/mol. The highest BCUT2D eigenvalue weighted by Gasteiger charge is 2.24. The van der Waals surface area contributed by atoms with Crippen molar-refractivity contribution in [3.8, 4) is 5.75 Å². The third-order valence-corrected chi connectivity index (χ3v) is 3.28. The molecule has 0 atom stereocenters. The van der Waals surface area contributed by atoms with Crippen LogP contribution in [0, 0.1) is 13.8 Å². The topological polar surface area (TPSA) is 55.4 Å². The zero-order chi connectivity index (χ0) is 14.6. The fourth-order valence-electron chi connectivity index (χ4n) is 2.18. The molecule has 1 amide bonds. The second-order valence-corrected chi connectivity index (χ2v) is 5.36. The molecule has 1 rings (SSSR count). The number of hydrogen-bond acceptors (Lipinski definition) is 3. The molecule has 0 spiro atoms. The molecule has 0 unspecified atom stereocenters. The van der Waals surface area contributed by atoms with E-state index in [1.54, 1.807) is 7.11 Å². The Morgan fingerprint density at radius 1 is 1.32 bits per heavy atom. The number of aldehydes is 1. The molecule has 1 N–H and O–H groups in total. The summed E-state index contributed by atoms with van der Waals surface area (Å²) in [5.74, 6) is 0.268. The van der Waals surface area contributed by atoms with Gasteiger partial charge >= 0.3 is 0 Å². The van der Waals surface area contributed by atoms with Crippen LogP contribution >= 0.6 is 0 Å². The summed E-state index contributed by atoms with van der Waals surface area (Å²) in [5, 5.41) is 2.61. The predicted molar refractivity (Wildman–Crippen MR) is 74.6 cm³/mol. The first-order valence-electron chi connectivity index (χ1n) is 6.20.